The largest absolute Gasteiger partial charge is 0.428 e. The first kappa shape index (κ1) is 15.7. The Morgan fingerprint density at radius 3 is 2.48 bits per heavy atom. The number of benzene rings is 2. The van der Waals surface area contributed by atoms with Gasteiger partial charge in [0.15, 0.2) is 0 Å². The molecule has 0 amide bonds. The smallest absolute Gasteiger partial charge is 0.340 e. The molecule has 1 aliphatic rings. The van der Waals surface area contributed by atoms with Gasteiger partial charge < -0.3 is 14.8 Å². The quantitative estimate of drug-likeness (QED) is 0.882. The molecule has 120 valence electrons. The van der Waals surface area contributed by atoms with Gasteiger partial charge >= 0.3 is 5.97 Å². The normalized spacial score (nSPS) is 20.9. The van der Waals surface area contributed by atoms with Crippen LogP contribution in [0.15, 0.2) is 54.6 Å². The third-order valence-electron chi connectivity index (χ3n) is 3.88. The van der Waals surface area contributed by atoms with Gasteiger partial charge in [0.1, 0.15) is 0 Å². The maximum absolute atomic E-state index is 12.3. The van der Waals surface area contributed by atoms with E-state index < -0.39 is 5.79 Å². The van der Waals surface area contributed by atoms with Crippen LogP contribution < -0.4 is 5.32 Å². The van der Waals surface area contributed by atoms with Crippen LogP contribution in [0.2, 0.25) is 0 Å². The minimum Gasteiger partial charge on any atom is -0.428 e. The third kappa shape index (κ3) is 4.18. The van der Waals surface area contributed by atoms with Crippen molar-refractivity contribution in [1.29, 1.82) is 0 Å². The van der Waals surface area contributed by atoms with Crippen LogP contribution in [0.5, 0.6) is 0 Å². The van der Waals surface area contributed by atoms with Crippen molar-refractivity contribution in [2.75, 3.05) is 19.7 Å². The fourth-order valence-corrected chi connectivity index (χ4v) is 2.62. The van der Waals surface area contributed by atoms with E-state index in [0.29, 0.717) is 18.7 Å². The standard InChI is InChI=1S/C19H21NO3/c1-19(14-20-11-12-22-19)23-18(21)17-9-7-16(8-10-17)13-15-5-3-2-4-6-15/h2-10,20H,11-14H2,1H3. The van der Waals surface area contributed by atoms with Crippen molar-refractivity contribution in [3.63, 3.8) is 0 Å². The molecule has 0 aromatic heterocycles. The zero-order valence-corrected chi connectivity index (χ0v) is 13.2. The van der Waals surface area contributed by atoms with E-state index in [4.69, 9.17) is 9.47 Å². The van der Waals surface area contributed by atoms with Crippen LogP contribution in [0.4, 0.5) is 0 Å². The Labute approximate surface area is 136 Å². The summed E-state index contributed by atoms with van der Waals surface area (Å²) in [4.78, 5) is 12.3. The summed E-state index contributed by atoms with van der Waals surface area (Å²) in [6.07, 6.45) is 0.848. The average molecular weight is 311 g/mol. The van der Waals surface area contributed by atoms with Crippen LogP contribution >= 0.6 is 0 Å². The highest BCUT2D eigenvalue weighted by Gasteiger charge is 2.32. The summed E-state index contributed by atoms with van der Waals surface area (Å²) in [6, 6.07) is 17.8. The van der Waals surface area contributed by atoms with Gasteiger partial charge in [-0.2, -0.15) is 0 Å². The number of esters is 1. The summed E-state index contributed by atoms with van der Waals surface area (Å²) in [5, 5.41) is 3.17. The lowest BCUT2D eigenvalue weighted by Gasteiger charge is -2.33. The Kier molecular flexibility index (Phi) is 4.74. The Morgan fingerprint density at radius 2 is 1.83 bits per heavy atom. The summed E-state index contributed by atoms with van der Waals surface area (Å²) in [5.74, 6) is -1.25. The van der Waals surface area contributed by atoms with E-state index >= 15 is 0 Å². The van der Waals surface area contributed by atoms with Crippen LogP contribution in [0.3, 0.4) is 0 Å². The zero-order valence-electron chi connectivity index (χ0n) is 13.2. The number of carbonyl (C=O) groups is 1. The fraction of sp³-hybridized carbons (Fsp3) is 0.316. The van der Waals surface area contributed by atoms with Gasteiger partial charge in [-0.05, 0) is 29.7 Å². The molecule has 1 saturated heterocycles. The molecule has 0 radical (unpaired) electrons. The van der Waals surface area contributed by atoms with Crippen molar-refractivity contribution >= 4 is 5.97 Å². The molecule has 23 heavy (non-hydrogen) atoms. The minimum atomic E-state index is -0.891. The molecular weight excluding hydrogens is 290 g/mol. The van der Waals surface area contributed by atoms with Crippen LogP contribution in [0.1, 0.15) is 28.4 Å². The lowest BCUT2D eigenvalue weighted by Crippen LogP contribution is -2.50. The summed E-state index contributed by atoms with van der Waals surface area (Å²) in [7, 11) is 0. The fourth-order valence-electron chi connectivity index (χ4n) is 2.62. The van der Waals surface area contributed by atoms with Crippen LogP contribution in [0, 0.1) is 0 Å². The van der Waals surface area contributed by atoms with Crippen molar-refractivity contribution in [2.45, 2.75) is 19.1 Å². The van der Waals surface area contributed by atoms with Gasteiger partial charge in [-0.15, -0.1) is 0 Å². The van der Waals surface area contributed by atoms with Gasteiger partial charge in [0.05, 0.1) is 18.7 Å². The first-order valence-corrected chi connectivity index (χ1v) is 7.85. The van der Waals surface area contributed by atoms with E-state index in [2.05, 4.69) is 17.4 Å². The van der Waals surface area contributed by atoms with E-state index in [9.17, 15) is 4.79 Å². The lowest BCUT2D eigenvalue weighted by atomic mass is 10.0. The highest BCUT2D eigenvalue weighted by atomic mass is 16.7. The molecule has 1 unspecified atom stereocenters. The molecule has 1 heterocycles. The summed E-state index contributed by atoms with van der Waals surface area (Å²) >= 11 is 0. The molecule has 0 aliphatic carbocycles. The van der Waals surface area contributed by atoms with Gasteiger partial charge in [0, 0.05) is 13.5 Å². The maximum Gasteiger partial charge on any atom is 0.340 e. The number of hydrogen-bond donors (Lipinski definition) is 1. The Hall–Kier alpha value is -2.17. The summed E-state index contributed by atoms with van der Waals surface area (Å²) in [5.41, 5.74) is 2.95. The van der Waals surface area contributed by atoms with E-state index in [0.717, 1.165) is 18.5 Å². The molecule has 1 aliphatic heterocycles. The van der Waals surface area contributed by atoms with Crippen molar-refractivity contribution in [1.82, 2.24) is 5.32 Å². The Morgan fingerprint density at radius 1 is 1.13 bits per heavy atom. The molecule has 3 rings (SSSR count). The number of hydrogen-bond acceptors (Lipinski definition) is 4. The topological polar surface area (TPSA) is 47.6 Å². The number of carbonyl (C=O) groups excluding carboxylic acids is 1. The number of nitrogens with one attached hydrogen (secondary N) is 1. The second-order valence-electron chi connectivity index (χ2n) is 5.91. The van der Waals surface area contributed by atoms with Crippen molar-refractivity contribution in [2.24, 2.45) is 0 Å². The van der Waals surface area contributed by atoms with Crippen LogP contribution in [-0.2, 0) is 15.9 Å². The predicted octanol–water partition coefficient (Wildman–Crippen LogP) is 2.77. The molecule has 2 aromatic carbocycles. The second-order valence-corrected chi connectivity index (χ2v) is 5.91. The zero-order chi connectivity index (χ0) is 16.1. The first-order chi connectivity index (χ1) is 11.1. The third-order valence-corrected chi connectivity index (χ3v) is 3.88. The number of rotatable bonds is 4. The molecule has 0 saturated carbocycles. The molecule has 4 nitrogen and oxygen atoms in total. The SMILES string of the molecule is CC1(OC(=O)c2ccc(Cc3ccccc3)cc2)CNCCO1. The monoisotopic (exact) mass is 311 g/mol. The molecule has 0 bridgehead atoms. The second kappa shape index (κ2) is 6.94. The van der Waals surface area contributed by atoms with Crippen LogP contribution in [0.25, 0.3) is 0 Å². The Balaban J connectivity index is 1.63. The van der Waals surface area contributed by atoms with E-state index in [1.807, 2.05) is 30.3 Å². The van der Waals surface area contributed by atoms with E-state index in [1.165, 1.54) is 5.56 Å². The summed E-state index contributed by atoms with van der Waals surface area (Å²) in [6.45, 7) is 3.60. The van der Waals surface area contributed by atoms with Gasteiger partial charge in [-0.25, -0.2) is 4.79 Å². The molecule has 1 N–H and O–H groups in total. The maximum atomic E-state index is 12.3. The highest BCUT2D eigenvalue weighted by Crippen LogP contribution is 2.18. The van der Waals surface area contributed by atoms with Gasteiger partial charge in [0.25, 0.3) is 0 Å². The molecular formula is C19H21NO3. The average Bonchev–Trinajstić information content (AvgIpc) is 2.57. The highest BCUT2D eigenvalue weighted by molar-refractivity contribution is 5.89. The van der Waals surface area contributed by atoms with E-state index in [1.54, 1.807) is 19.1 Å². The molecule has 2 aromatic rings. The van der Waals surface area contributed by atoms with Gasteiger partial charge in [-0.3, -0.25) is 0 Å². The molecule has 1 atom stereocenters. The lowest BCUT2D eigenvalue weighted by molar-refractivity contribution is -0.201. The first-order valence-electron chi connectivity index (χ1n) is 7.85. The van der Waals surface area contributed by atoms with Gasteiger partial charge in [-0.1, -0.05) is 42.5 Å². The summed E-state index contributed by atoms with van der Waals surface area (Å²) < 4.78 is 11.1. The van der Waals surface area contributed by atoms with Gasteiger partial charge in [0.2, 0.25) is 5.79 Å². The number of morpholine rings is 1. The van der Waals surface area contributed by atoms with E-state index in [-0.39, 0.29) is 5.97 Å². The predicted molar refractivity (Wildman–Crippen MR) is 88.3 cm³/mol. The Bertz CT molecular complexity index is 646. The molecule has 1 fully saturated rings. The molecule has 0 spiro atoms. The van der Waals surface area contributed by atoms with Crippen molar-refractivity contribution in [3.8, 4) is 0 Å². The number of ether oxygens (including phenoxy) is 2. The molecule has 4 heteroatoms. The minimum absolute atomic E-state index is 0.359. The van der Waals surface area contributed by atoms with Crippen molar-refractivity contribution in [3.05, 3.63) is 71.3 Å². The van der Waals surface area contributed by atoms with Crippen LogP contribution in [-0.4, -0.2) is 31.5 Å². The van der Waals surface area contributed by atoms with Crippen molar-refractivity contribution < 1.29 is 14.3 Å².